The van der Waals surface area contributed by atoms with Crippen molar-refractivity contribution in [3.63, 3.8) is 0 Å². The van der Waals surface area contributed by atoms with E-state index in [1.807, 2.05) is 6.07 Å². The van der Waals surface area contributed by atoms with E-state index in [0.29, 0.717) is 12.3 Å². The van der Waals surface area contributed by atoms with Crippen molar-refractivity contribution in [2.75, 3.05) is 6.61 Å². The zero-order valence-electron chi connectivity index (χ0n) is 11.4. The Hall–Kier alpha value is -2.31. The number of pyridine rings is 1. The van der Waals surface area contributed by atoms with E-state index in [0.717, 1.165) is 17.7 Å². The van der Waals surface area contributed by atoms with Gasteiger partial charge in [-0.15, -0.1) is 0 Å². The first-order chi connectivity index (χ1) is 9.40. The molecule has 7 nitrogen and oxygen atoms in total. The van der Waals surface area contributed by atoms with Crippen molar-refractivity contribution in [3.05, 3.63) is 23.5 Å². The Morgan fingerprint density at radius 1 is 1.55 bits per heavy atom. The summed E-state index contributed by atoms with van der Waals surface area (Å²) >= 11 is 0. The lowest BCUT2D eigenvalue weighted by molar-refractivity contribution is -0.136. The molecule has 0 bridgehead atoms. The SMILES string of the molecule is CC(C)(OC(N)=O)C(=O)NCc1nccc2c1OCC2. The van der Waals surface area contributed by atoms with Crippen LogP contribution in [-0.4, -0.2) is 29.2 Å². The molecule has 0 unspecified atom stereocenters. The van der Waals surface area contributed by atoms with Crippen LogP contribution in [0.15, 0.2) is 12.3 Å². The highest BCUT2D eigenvalue weighted by molar-refractivity contribution is 5.86. The van der Waals surface area contributed by atoms with Crippen molar-refractivity contribution >= 4 is 12.0 Å². The number of carbonyl (C=O) groups is 2. The number of rotatable bonds is 4. The zero-order valence-corrected chi connectivity index (χ0v) is 11.4. The average molecular weight is 279 g/mol. The van der Waals surface area contributed by atoms with Crippen molar-refractivity contribution in [2.24, 2.45) is 5.73 Å². The number of aromatic nitrogens is 1. The second kappa shape index (κ2) is 5.36. The number of fused-ring (bicyclic) bond motifs is 1. The molecule has 2 amide bonds. The fourth-order valence-corrected chi connectivity index (χ4v) is 1.97. The molecule has 1 aromatic heterocycles. The summed E-state index contributed by atoms with van der Waals surface area (Å²) in [6.45, 7) is 3.75. The van der Waals surface area contributed by atoms with Crippen LogP contribution < -0.4 is 15.8 Å². The lowest BCUT2D eigenvalue weighted by Gasteiger charge is -2.22. The van der Waals surface area contributed by atoms with Gasteiger partial charge in [-0.05, 0) is 19.9 Å². The standard InChI is InChI=1S/C13H17N3O4/c1-13(2,20-12(14)18)11(17)16-7-9-10-8(3-5-15-9)4-6-19-10/h3,5H,4,6-7H2,1-2H3,(H2,14,18)(H,16,17). The predicted molar refractivity (Wildman–Crippen MR) is 70.0 cm³/mol. The first-order valence-electron chi connectivity index (χ1n) is 6.26. The van der Waals surface area contributed by atoms with Crippen LogP contribution in [0, 0.1) is 0 Å². The maximum absolute atomic E-state index is 12.0. The van der Waals surface area contributed by atoms with E-state index in [9.17, 15) is 9.59 Å². The molecule has 20 heavy (non-hydrogen) atoms. The highest BCUT2D eigenvalue weighted by atomic mass is 16.6. The molecular formula is C13H17N3O4. The first-order valence-corrected chi connectivity index (χ1v) is 6.26. The summed E-state index contributed by atoms with van der Waals surface area (Å²) in [6.07, 6.45) is 1.53. The van der Waals surface area contributed by atoms with Gasteiger partial charge < -0.3 is 20.5 Å². The fraction of sp³-hybridized carbons (Fsp3) is 0.462. The second-order valence-electron chi connectivity index (χ2n) is 4.96. The summed E-state index contributed by atoms with van der Waals surface area (Å²) in [6, 6.07) is 1.90. The number of nitrogens with one attached hydrogen (secondary N) is 1. The number of ether oxygens (including phenoxy) is 2. The molecule has 0 spiro atoms. The molecule has 0 fully saturated rings. The smallest absolute Gasteiger partial charge is 0.405 e. The molecule has 2 rings (SSSR count). The topological polar surface area (TPSA) is 104 Å². The molecule has 2 heterocycles. The van der Waals surface area contributed by atoms with Crippen LogP contribution in [-0.2, 0) is 22.5 Å². The second-order valence-corrected chi connectivity index (χ2v) is 4.96. The molecule has 0 saturated carbocycles. The molecule has 108 valence electrons. The van der Waals surface area contributed by atoms with Crippen molar-refractivity contribution in [3.8, 4) is 5.75 Å². The summed E-state index contributed by atoms with van der Waals surface area (Å²) in [4.78, 5) is 26.9. The third-order valence-corrected chi connectivity index (χ3v) is 3.00. The number of primary amides is 1. The maximum atomic E-state index is 12.0. The molecule has 1 aliphatic heterocycles. The summed E-state index contributed by atoms with van der Waals surface area (Å²) in [5, 5.41) is 2.66. The van der Waals surface area contributed by atoms with E-state index < -0.39 is 17.6 Å². The quantitative estimate of drug-likeness (QED) is 0.835. The third-order valence-electron chi connectivity index (χ3n) is 3.00. The highest BCUT2D eigenvalue weighted by Gasteiger charge is 2.31. The van der Waals surface area contributed by atoms with Crippen LogP contribution in [0.25, 0.3) is 0 Å². The minimum absolute atomic E-state index is 0.202. The van der Waals surface area contributed by atoms with E-state index in [4.69, 9.17) is 15.2 Å². The summed E-state index contributed by atoms with van der Waals surface area (Å²) < 4.78 is 10.2. The Kier molecular flexibility index (Phi) is 3.78. The van der Waals surface area contributed by atoms with E-state index in [1.165, 1.54) is 13.8 Å². The van der Waals surface area contributed by atoms with Gasteiger partial charge in [-0.2, -0.15) is 0 Å². The van der Waals surface area contributed by atoms with Gasteiger partial charge in [-0.25, -0.2) is 4.79 Å². The van der Waals surface area contributed by atoms with Gasteiger partial charge in [0.05, 0.1) is 13.2 Å². The maximum Gasteiger partial charge on any atom is 0.405 e. The Balaban J connectivity index is 2.01. The monoisotopic (exact) mass is 279 g/mol. The van der Waals surface area contributed by atoms with Gasteiger partial charge in [-0.1, -0.05) is 0 Å². The van der Waals surface area contributed by atoms with Crippen molar-refractivity contribution in [2.45, 2.75) is 32.4 Å². The van der Waals surface area contributed by atoms with Crippen molar-refractivity contribution in [1.82, 2.24) is 10.3 Å². The molecule has 7 heteroatoms. The van der Waals surface area contributed by atoms with Crippen LogP contribution in [0.5, 0.6) is 5.75 Å². The van der Waals surface area contributed by atoms with Crippen LogP contribution in [0.2, 0.25) is 0 Å². The number of hydrogen-bond donors (Lipinski definition) is 2. The summed E-state index contributed by atoms with van der Waals surface area (Å²) in [7, 11) is 0. The molecule has 0 atom stereocenters. The molecular weight excluding hydrogens is 262 g/mol. The Bertz CT molecular complexity index is 542. The highest BCUT2D eigenvalue weighted by Crippen LogP contribution is 2.27. The predicted octanol–water partition coefficient (Wildman–Crippen LogP) is 0.507. The van der Waals surface area contributed by atoms with Crippen LogP contribution in [0.1, 0.15) is 25.1 Å². The fourth-order valence-electron chi connectivity index (χ4n) is 1.97. The minimum atomic E-state index is -1.33. The molecule has 0 radical (unpaired) electrons. The lowest BCUT2D eigenvalue weighted by atomic mass is 10.1. The van der Waals surface area contributed by atoms with E-state index >= 15 is 0 Å². The zero-order chi connectivity index (χ0) is 14.8. The molecule has 3 N–H and O–H groups in total. The number of nitrogens with two attached hydrogens (primary N) is 1. The van der Waals surface area contributed by atoms with Gasteiger partial charge in [0, 0.05) is 18.2 Å². The largest absolute Gasteiger partial charge is 0.491 e. The average Bonchev–Trinajstić information content (AvgIpc) is 2.82. The van der Waals surface area contributed by atoms with Crippen molar-refractivity contribution in [1.29, 1.82) is 0 Å². The van der Waals surface area contributed by atoms with Gasteiger partial charge in [0.25, 0.3) is 5.91 Å². The number of nitrogens with zero attached hydrogens (tertiary/aromatic N) is 1. The number of hydrogen-bond acceptors (Lipinski definition) is 5. The van der Waals surface area contributed by atoms with Gasteiger partial charge in [0.1, 0.15) is 11.4 Å². The molecule has 0 aliphatic carbocycles. The molecule has 0 saturated heterocycles. The Labute approximate surface area is 116 Å². The molecule has 1 aliphatic rings. The molecule has 1 aromatic rings. The minimum Gasteiger partial charge on any atom is -0.491 e. The Morgan fingerprint density at radius 3 is 3.00 bits per heavy atom. The third kappa shape index (κ3) is 2.98. The molecule has 0 aromatic carbocycles. The number of carbonyl (C=O) groups excluding carboxylic acids is 2. The Morgan fingerprint density at radius 2 is 2.30 bits per heavy atom. The first kappa shape index (κ1) is 14.1. The van der Waals surface area contributed by atoms with Gasteiger partial charge in [0.15, 0.2) is 5.60 Å². The van der Waals surface area contributed by atoms with Gasteiger partial charge in [-0.3, -0.25) is 9.78 Å². The lowest BCUT2D eigenvalue weighted by Crippen LogP contribution is -2.46. The normalized spacial score (nSPS) is 13.3. The van der Waals surface area contributed by atoms with Crippen LogP contribution in [0.4, 0.5) is 4.79 Å². The number of amides is 2. The van der Waals surface area contributed by atoms with Gasteiger partial charge in [0.2, 0.25) is 0 Å². The van der Waals surface area contributed by atoms with Crippen LogP contribution in [0.3, 0.4) is 0 Å². The van der Waals surface area contributed by atoms with Gasteiger partial charge >= 0.3 is 6.09 Å². The van der Waals surface area contributed by atoms with Crippen LogP contribution >= 0.6 is 0 Å². The van der Waals surface area contributed by atoms with Crippen molar-refractivity contribution < 1.29 is 19.1 Å². The van der Waals surface area contributed by atoms with E-state index in [-0.39, 0.29) is 6.54 Å². The summed E-state index contributed by atoms with van der Waals surface area (Å²) in [5.41, 5.74) is 5.33. The summed E-state index contributed by atoms with van der Waals surface area (Å²) in [5.74, 6) is 0.273. The van der Waals surface area contributed by atoms with E-state index in [2.05, 4.69) is 10.3 Å². The van der Waals surface area contributed by atoms with E-state index in [1.54, 1.807) is 6.20 Å².